The van der Waals surface area contributed by atoms with E-state index >= 15 is 0 Å². The molecule has 0 spiro atoms. The summed E-state index contributed by atoms with van der Waals surface area (Å²) in [6.45, 7) is 9.08. The fourth-order valence-electron chi connectivity index (χ4n) is 3.01. The second-order valence-corrected chi connectivity index (χ2v) is 8.18. The first kappa shape index (κ1) is 22.4. The Balaban J connectivity index is 2.07. The molecule has 29 heavy (non-hydrogen) atoms. The summed E-state index contributed by atoms with van der Waals surface area (Å²) in [4.78, 5) is 39.1. The topological polar surface area (TPSA) is 117 Å². The van der Waals surface area contributed by atoms with Crippen molar-refractivity contribution in [3.63, 3.8) is 0 Å². The minimum absolute atomic E-state index is 0.0904. The second-order valence-electron chi connectivity index (χ2n) is 8.18. The number of likely N-dealkylation sites (N-methyl/N-ethyl adjacent to an activating group) is 1. The summed E-state index contributed by atoms with van der Waals surface area (Å²) in [5, 5.41) is 16.5. The van der Waals surface area contributed by atoms with Crippen molar-refractivity contribution in [1.82, 2.24) is 15.1 Å². The molecule has 1 aromatic rings. The van der Waals surface area contributed by atoms with Crippen LogP contribution in [0.4, 0.5) is 21.0 Å². The summed E-state index contributed by atoms with van der Waals surface area (Å²) < 4.78 is 5.25. The highest BCUT2D eigenvalue weighted by molar-refractivity contribution is 5.91. The number of non-ortho nitro benzene ring substituents is 1. The van der Waals surface area contributed by atoms with Gasteiger partial charge in [0.1, 0.15) is 5.60 Å². The van der Waals surface area contributed by atoms with Crippen LogP contribution in [0.2, 0.25) is 0 Å². The van der Waals surface area contributed by atoms with Crippen molar-refractivity contribution < 1.29 is 19.2 Å². The van der Waals surface area contributed by atoms with Gasteiger partial charge < -0.3 is 25.2 Å². The zero-order valence-corrected chi connectivity index (χ0v) is 17.5. The third kappa shape index (κ3) is 6.60. The van der Waals surface area contributed by atoms with Gasteiger partial charge in [-0.3, -0.25) is 10.1 Å². The van der Waals surface area contributed by atoms with Gasteiger partial charge in [0.2, 0.25) is 0 Å². The van der Waals surface area contributed by atoms with Crippen LogP contribution in [0, 0.1) is 17.0 Å². The number of carbonyl (C=O) groups excluding carboxylic acids is 2. The molecule has 1 atom stereocenters. The Kier molecular flexibility index (Phi) is 7.02. The van der Waals surface area contributed by atoms with Crippen molar-refractivity contribution in [3.8, 4) is 0 Å². The van der Waals surface area contributed by atoms with Crippen LogP contribution in [0.15, 0.2) is 18.2 Å². The van der Waals surface area contributed by atoms with Crippen LogP contribution in [-0.4, -0.2) is 71.7 Å². The minimum atomic E-state index is -0.607. The Morgan fingerprint density at radius 1 is 1.31 bits per heavy atom. The summed E-state index contributed by atoms with van der Waals surface area (Å²) in [6, 6.07) is 3.71. The van der Waals surface area contributed by atoms with Crippen LogP contribution in [-0.2, 0) is 4.74 Å². The van der Waals surface area contributed by atoms with Gasteiger partial charge in [-0.05, 0) is 40.3 Å². The second kappa shape index (κ2) is 9.08. The molecule has 1 aliphatic rings. The predicted molar refractivity (Wildman–Crippen MR) is 109 cm³/mol. The average Bonchev–Trinajstić information content (AvgIpc) is 2.60. The zero-order chi connectivity index (χ0) is 21.8. The van der Waals surface area contributed by atoms with E-state index < -0.39 is 16.6 Å². The molecule has 2 N–H and O–H groups in total. The Labute approximate surface area is 170 Å². The number of nitrogens with zero attached hydrogens (tertiary/aromatic N) is 3. The lowest BCUT2D eigenvalue weighted by Crippen LogP contribution is -2.59. The van der Waals surface area contributed by atoms with Crippen LogP contribution in [0.5, 0.6) is 0 Å². The molecule has 0 aromatic heterocycles. The van der Waals surface area contributed by atoms with Crippen molar-refractivity contribution in [3.05, 3.63) is 33.9 Å². The number of aryl methyl sites for hydroxylation is 1. The summed E-state index contributed by atoms with van der Waals surface area (Å²) in [7, 11) is 1.94. The molecule has 1 aromatic carbocycles. The first-order chi connectivity index (χ1) is 13.5. The van der Waals surface area contributed by atoms with Crippen molar-refractivity contribution in [2.75, 3.05) is 38.5 Å². The third-order valence-electron chi connectivity index (χ3n) is 4.50. The van der Waals surface area contributed by atoms with Crippen molar-refractivity contribution in [1.29, 1.82) is 0 Å². The molecule has 10 nitrogen and oxygen atoms in total. The van der Waals surface area contributed by atoms with Gasteiger partial charge >= 0.3 is 12.1 Å². The SMILES string of the molecule is Cc1ccc([N+](=O)[O-])cc1NC(=O)N1CCN(C)C[C@@H]1CNC(=O)OC(C)(C)C. The predicted octanol–water partition coefficient (Wildman–Crippen LogP) is 2.58. The van der Waals surface area contributed by atoms with Gasteiger partial charge in [0.05, 0.1) is 16.7 Å². The van der Waals surface area contributed by atoms with Crippen molar-refractivity contribution >= 4 is 23.5 Å². The molecule has 0 saturated carbocycles. The number of hydrogen-bond acceptors (Lipinski definition) is 6. The maximum Gasteiger partial charge on any atom is 0.407 e. The van der Waals surface area contributed by atoms with Gasteiger partial charge in [0.25, 0.3) is 5.69 Å². The van der Waals surface area contributed by atoms with Crippen LogP contribution < -0.4 is 10.6 Å². The van der Waals surface area contributed by atoms with E-state index in [9.17, 15) is 19.7 Å². The fourth-order valence-corrected chi connectivity index (χ4v) is 3.01. The third-order valence-corrected chi connectivity index (χ3v) is 4.50. The Hall–Kier alpha value is -2.88. The fraction of sp³-hybridized carbons (Fsp3) is 0.579. The quantitative estimate of drug-likeness (QED) is 0.585. The molecule has 1 aliphatic heterocycles. The van der Waals surface area contributed by atoms with E-state index in [2.05, 4.69) is 15.5 Å². The van der Waals surface area contributed by atoms with Gasteiger partial charge in [0.15, 0.2) is 0 Å². The molecular weight excluding hydrogens is 378 g/mol. The van der Waals surface area contributed by atoms with Crippen LogP contribution in [0.25, 0.3) is 0 Å². The smallest absolute Gasteiger partial charge is 0.407 e. The molecule has 0 aliphatic carbocycles. The standard InChI is InChI=1S/C19H29N5O5/c1-13-6-7-14(24(27)28)10-16(13)21-17(25)23-9-8-22(5)12-15(23)11-20-18(26)29-19(2,3)4/h6-7,10,15H,8-9,11-12H2,1-5H3,(H,20,26)(H,21,25)/t15-/m0/s1. The van der Waals surface area contributed by atoms with E-state index in [0.717, 1.165) is 5.56 Å². The molecule has 1 fully saturated rings. The van der Waals surface area contributed by atoms with E-state index in [0.29, 0.717) is 25.3 Å². The highest BCUT2D eigenvalue weighted by Gasteiger charge is 2.30. The maximum atomic E-state index is 12.9. The number of rotatable bonds is 4. The van der Waals surface area contributed by atoms with Gasteiger partial charge in [-0.25, -0.2) is 9.59 Å². The van der Waals surface area contributed by atoms with Crippen LogP contribution >= 0.6 is 0 Å². The number of hydrogen-bond donors (Lipinski definition) is 2. The monoisotopic (exact) mass is 407 g/mol. The van der Waals surface area contributed by atoms with E-state index in [1.54, 1.807) is 38.7 Å². The van der Waals surface area contributed by atoms with Crippen molar-refractivity contribution in [2.24, 2.45) is 0 Å². The Morgan fingerprint density at radius 3 is 2.62 bits per heavy atom. The van der Waals surface area contributed by atoms with Crippen LogP contribution in [0.3, 0.4) is 0 Å². The number of nitro groups is 1. The lowest BCUT2D eigenvalue weighted by molar-refractivity contribution is -0.384. The highest BCUT2D eigenvalue weighted by atomic mass is 16.6. The van der Waals surface area contributed by atoms with E-state index in [4.69, 9.17) is 4.74 Å². The summed E-state index contributed by atoms with van der Waals surface area (Å²) in [5.74, 6) is 0. The average molecular weight is 407 g/mol. The number of amides is 3. The molecule has 1 heterocycles. The maximum absolute atomic E-state index is 12.9. The summed E-state index contributed by atoms with van der Waals surface area (Å²) >= 11 is 0. The molecule has 160 valence electrons. The Bertz CT molecular complexity index is 777. The first-order valence-corrected chi connectivity index (χ1v) is 9.44. The largest absolute Gasteiger partial charge is 0.444 e. The number of urea groups is 1. The minimum Gasteiger partial charge on any atom is -0.444 e. The number of benzene rings is 1. The molecule has 1 saturated heterocycles. The number of nitrogens with one attached hydrogen (secondary N) is 2. The lowest BCUT2D eigenvalue weighted by Gasteiger charge is -2.40. The van der Waals surface area contributed by atoms with Gasteiger partial charge in [-0.2, -0.15) is 0 Å². The molecule has 0 radical (unpaired) electrons. The van der Waals surface area contributed by atoms with Gasteiger partial charge in [0, 0.05) is 38.3 Å². The summed E-state index contributed by atoms with van der Waals surface area (Å²) in [6.07, 6.45) is -0.541. The Morgan fingerprint density at radius 2 is 2.00 bits per heavy atom. The molecule has 2 rings (SSSR count). The van der Waals surface area contributed by atoms with Gasteiger partial charge in [-0.1, -0.05) is 6.07 Å². The highest BCUT2D eigenvalue weighted by Crippen LogP contribution is 2.23. The van der Waals surface area contributed by atoms with Crippen molar-refractivity contribution in [2.45, 2.75) is 39.3 Å². The lowest BCUT2D eigenvalue weighted by atomic mass is 10.1. The number of alkyl carbamates (subject to hydrolysis) is 1. The number of piperazine rings is 1. The normalized spacial score (nSPS) is 17.6. The van der Waals surface area contributed by atoms with E-state index in [-0.39, 0.29) is 24.3 Å². The van der Waals surface area contributed by atoms with E-state index in [1.165, 1.54) is 12.1 Å². The van der Waals surface area contributed by atoms with Gasteiger partial charge in [-0.15, -0.1) is 0 Å². The first-order valence-electron chi connectivity index (χ1n) is 9.44. The molecular formula is C19H29N5O5. The number of ether oxygens (including phenoxy) is 1. The number of anilines is 1. The zero-order valence-electron chi connectivity index (χ0n) is 17.5. The molecule has 0 unspecified atom stereocenters. The summed E-state index contributed by atoms with van der Waals surface area (Å²) in [5.41, 5.74) is 0.417. The molecule has 10 heteroatoms. The molecule has 3 amide bonds. The van der Waals surface area contributed by atoms with Crippen LogP contribution in [0.1, 0.15) is 26.3 Å². The molecule has 0 bridgehead atoms. The van der Waals surface area contributed by atoms with E-state index in [1.807, 2.05) is 7.05 Å². The number of nitro benzene ring substituents is 1. The number of carbonyl (C=O) groups is 2.